The molecule has 1 rings (SSSR count). The highest BCUT2D eigenvalue weighted by Gasteiger charge is 2.36. The molecule has 2 unspecified atom stereocenters. The molecule has 1 heteroatoms. The predicted octanol–water partition coefficient (Wildman–Crippen LogP) is 7.09. The molecule has 2 N–H and O–H groups in total. The Morgan fingerprint density at radius 1 is 0.609 bits per heavy atom. The average Bonchev–Trinajstić information content (AvgIpc) is 2.37. The monoisotopic (exact) mass is 323 g/mol. The van der Waals surface area contributed by atoms with E-state index in [9.17, 15) is 0 Å². The number of hydrogen-bond donors (Lipinski definition) is 1. The van der Waals surface area contributed by atoms with Crippen molar-refractivity contribution in [3.8, 4) is 0 Å². The molecule has 2 atom stereocenters. The Labute approximate surface area is 147 Å². The van der Waals surface area contributed by atoms with Crippen LogP contribution in [0, 0.1) is 16.2 Å². The molecule has 1 fully saturated rings. The maximum Gasteiger partial charge on any atom is 0.0125 e. The van der Waals surface area contributed by atoms with Crippen LogP contribution in [0.2, 0.25) is 0 Å². The van der Waals surface area contributed by atoms with Crippen LogP contribution in [0.4, 0.5) is 0 Å². The van der Waals surface area contributed by atoms with Crippen molar-refractivity contribution in [3.05, 3.63) is 0 Å². The molecule has 23 heavy (non-hydrogen) atoms. The zero-order chi connectivity index (χ0) is 17.8. The minimum atomic E-state index is 0.0400. The summed E-state index contributed by atoms with van der Waals surface area (Å²) < 4.78 is 0. The third kappa shape index (κ3) is 7.16. The lowest BCUT2D eigenvalue weighted by molar-refractivity contribution is 0.0751. The van der Waals surface area contributed by atoms with Gasteiger partial charge in [-0.1, -0.05) is 73.6 Å². The van der Waals surface area contributed by atoms with Crippen molar-refractivity contribution in [1.82, 2.24) is 0 Å². The molecule has 0 saturated heterocycles. The van der Waals surface area contributed by atoms with Crippen molar-refractivity contribution >= 4 is 0 Å². The molecule has 0 aromatic carbocycles. The predicted molar refractivity (Wildman–Crippen MR) is 105 cm³/mol. The zero-order valence-corrected chi connectivity index (χ0v) is 17.4. The largest absolute Gasteiger partial charge is 0.325 e. The SMILES string of the molecule is CC1(C)CCCCC(C)(C(C)(C)C)CCCCC(C)(N)CCC1. The minimum Gasteiger partial charge on any atom is -0.325 e. The molecule has 0 aromatic rings. The fraction of sp³-hybridized carbons (Fsp3) is 1.00. The summed E-state index contributed by atoms with van der Waals surface area (Å²) in [5, 5.41) is 0. The molecule has 1 nitrogen and oxygen atoms in total. The first-order chi connectivity index (χ1) is 10.4. The van der Waals surface area contributed by atoms with Gasteiger partial charge < -0.3 is 5.73 Å². The van der Waals surface area contributed by atoms with E-state index in [1.54, 1.807) is 0 Å². The van der Waals surface area contributed by atoms with Crippen molar-refractivity contribution in [2.24, 2.45) is 22.0 Å². The van der Waals surface area contributed by atoms with Crippen molar-refractivity contribution in [1.29, 1.82) is 0 Å². The van der Waals surface area contributed by atoms with E-state index in [-0.39, 0.29) is 5.54 Å². The molecular formula is C22H45N. The van der Waals surface area contributed by atoms with E-state index >= 15 is 0 Å². The highest BCUT2D eigenvalue weighted by Crippen LogP contribution is 2.47. The minimum absolute atomic E-state index is 0.0400. The number of hydrogen-bond acceptors (Lipinski definition) is 1. The van der Waals surface area contributed by atoms with Gasteiger partial charge in [0.2, 0.25) is 0 Å². The Morgan fingerprint density at radius 3 is 1.52 bits per heavy atom. The summed E-state index contributed by atoms with van der Waals surface area (Å²) in [6.45, 7) is 17.0. The summed E-state index contributed by atoms with van der Waals surface area (Å²) in [5.41, 5.74) is 7.95. The Kier molecular flexibility index (Phi) is 7.21. The van der Waals surface area contributed by atoms with Gasteiger partial charge in [0.25, 0.3) is 0 Å². The maximum absolute atomic E-state index is 6.57. The van der Waals surface area contributed by atoms with Gasteiger partial charge in [-0.2, -0.15) is 0 Å². The molecular weight excluding hydrogens is 278 g/mol. The quantitative estimate of drug-likeness (QED) is 0.506. The lowest BCUT2D eigenvalue weighted by atomic mass is 9.62. The van der Waals surface area contributed by atoms with Crippen LogP contribution < -0.4 is 5.73 Å². The fourth-order valence-corrected chi connectivity index (χ4v) is 4.26. The van der Waals surface area contributed by atoms with E-state index < -0.39 is 0 Å². The topological polar surface area (TPSA) is 26.0 Å². The molecule has 0 aliphatic heterocycles. The van der Waals surface area contributed by atoms with Crippen LogP contribution in [-0.2, 0) is 0 Å². The summed E-state index contributed by atoms with van der Waals surface area (Å²) in [7, 11) is 0. The summed E-state index contributed by atoms with van der Waals surface area (Å²) in [6.07, 6.45) is 14.5. The molecule has 0 bridgehead atoms. The molecule has 0 aromatic heterocycles. The Morgan fingerprint density at radius 2 is 1.00 bits per heavy atom. The van der Waals surface area contributed by atoms with Crippen LogP contribution >= 0.6 is 0 Å². The molecule has 1 aliphatic carbocycles. The summed E-state index contributed by atoms with van der Waals surface area (Å²) in [4.78, 5) is 0. The highest BCUT2D eigenvalue weighted by atomic mass is 14.7. The Hall–Kier alpha value is -0.0400. The van der Waals surface area contributed by atoms with Crippen molar-refractivity contribution in [2.75, 3.05) is 0 Å². The molecule has 1 saturated carbocycles. The van der Waals surface area contributed by atoms with E-state index in [1.165, 1.54) is 70.6 Å². The third-order valence-electron chi connectivity index (χ3n) is 6.97. The highest BCUT2D eigenvalue weighted by molar-refractivity contribution is 4.88. The molecule has 1 aliphatic rings. The normalized spacial score (nSPS) is 35.5. The van der Waals surface area contributed by atoms with Crippen molar-refractivity contribution < 1.29 is 0 Å². The number of nitrogens with two attached hydrogens (primary N) is 1. The van der Waals surface area contributed by atoms with Crippen LogP contribution in [0.1, 0.15) is 119 Å². The molecule has 0 heterocycles. The van der Waals surface area contributed by atoms with E-state index in [0.29, 0.717) is 16.2 Å². The molecule has 0 amide bonds. The van der Waals surface area contributed by atoms with E-state index in [0.717, 1.165) is 0 Å². The van der Waals surface area contributed by atoms with Crippen LogP contribution in [-0.4, -0.2) is 5.54 Å². The van der Waals surface area contributed by atoms with Gasteiger partial charge in [0.15, 0.2) is 0 Å². The zero-order valence-electron chi connectivity index (χ0n) is 17.4. The van der Waals surface area contributed by atoms with Crippen LogP contribution in [0.3, 0.4) is 0 Å². The lowest BCUT2D eigenvalue weighted by Crippen LogP contribution is -2.37. The summed E-state index contributed by atoms with van der Waals surface area (Å²) in [6, 6.07) is 0. The average molecular weight is 324 g/mol. The van der Waals surface area contributed by atoms with E-state index in [4.69, 9.17) is 5.73 Å². The van der Waals surface area contributed by atoms with Crippen LogP contribution in [0.5, 0.6) is 0 Å². The molecule has 0 spiro atoms. The van der Waals surface area contributed by atoms with Gasteiger partial charge in [-0.15, -0.1) is 0 Å². The van der Waals surface area contributed by atoms with Gasteiger partial charge in [-0.05, 0) is 61.7 Å². The Balaban J connectivity index is 2.77. The van der Waals surface area contributed by atoms with Gasteiger partial charge >= 0.3 is 0 Å². The standard InChI is InChI=1S/C22H45N/c1-19(2,3)21(6)15-9-8-13-20(4,5)14-12-18-22(7,23)17-11-10-16-21/h8-18,23H2,1-7H3. The van der Waals surface area contributed by atoms with Gasteiger partial charge in [0.1, 0.15) is 0 Å². The van der Waals surface area contributed by atoms with E-state index in [1.807, 2.05) is 0 Å². The van der Waals surface area contributed by atoms with Gasteiger partial charge in [-0.25, -0.2) is 0 Å². The first kappa shape index (κ1) is 21.0. The first-order valence-electron chi connectivity index (χ1n) is 10.2. The second-order valence-electron chi connectivity index (χ2n) is 10.9. The molecule has 0 radical (unpaired) electrons. The lowest BCUT2D eigenvalue weighted by Gasteiger charge is -2.43. The second kappa shape index (κ2) is 7.89. The van der Waals surface area contributed by atoms with Crippen molar-refractivity contribution in [3.63, 3.8) is 0 Å². The van der Waals surface area contributed by atoms with E-state index in [2.05, 4.69) is 48.5 Å². The van der Waals surface area contributed by atoms with Crippen molar-refractivity contribution in [2.45, 2.75) is 125 Å². The fourth-order valence-electron chi connectivity index (χ4n) is 4.26. The second-order valence-corrected chi connectivity index (χ2v) is 10.9. The van der Waals surface area contributed by atoms with Crippen LogP contribution in [0.15, 0.2) is 0 Å². The Bertz CT molecular complexity index is 321. The molecule has 138 valence electrons. The maximum atomic E-state index is 6.57. The summed E-state index contributed by atoms with van der Waals surface area (Å²) >= 11 is 0. The third-order valence-corrected chi connectivity index (χ3v) is 6.97. The first-order valence-corrected chi connectivity index (χ1v) is 10.2. The van der Waals surface area contributed by atoms with Gasteiger partial charge in [0, 0.05) is 5.54 Å². The smallest absolute Gasteiger partial charge is 0.0125 e. The van der Waals surface area contributed by atoms with Gasteiger partial charge in [-0.3, -0.25) is 0 Å². The summed E-state index contributed by atoms with van der Waals surface area (Å²) in [5.74, 6) is 0. The van der Waals surface area contributed by atoms with Crippen LogP contribution in [0.25, 0.3) is 0 Å². The van der Waals surface area contributed by atoms with Gasteiger partial charge in [0.05, 0.1) is 0 Å². The number of rotatable bonds is 0.